The molecule has 0 unspecified atom stereocenters. The van der Waals surface area contributed by atoms with Gasteiger partial charge in [-0.25, -0.2) is 0 Å². The minimum Gasteiger partial charge on any atom is -0.493 e. The first-order valence-electron chi connectivity index (χ1n) is 10.4. The van der Waals surface area contributed by atoms with Gasteiger partial charge in [-0.1, -0.05) is 55.0 Å². The SMILES string of the molecule is CCc1ccc(NC(=O)/C(C#N)=C\c2ccc(OCc3cccc(C)c3)c(OC)c2)cc1. The molecule has 0 aliphatic rings. The van der Waals surface area contributed by atoms with Crippen LogP contribution in [0.3, 0.4) is 0 Å². The van der Waals surface area contributed by atoms with Gasteiger partial charge in [-0.3, -0.25) is 4.79 Å². The summed E-state index contributed by atoms with van der Waals surface area (Å²) in [7, 11) is 1.56. The second-order valence-corrected chi connectivity index (χ2v) is 7.36. The van der Waals surface area contributed by atoms with Crippen LogP contribution in [0.5, 0.6) is 11.5 Å². The van der Waals surface area contributed by atoms with E-state index in [0.29, 0.717) is 29.4 Å². The van der Waals surface area contributed by atoms with Crippen LogP contribution in [-0.2, 0) is 17.8 Å². The number of methoxy groups -OCH3 is 1. The van der Waals surface area contributed by atoms with Crippen molar-refractivity contribution >= 4 is 17.7 Å². The zero-order valence-electron chi connectivity index (χ0n) is 18.5. The molecule has 3 rings (SSSR count). The summed E-state index contributed by atoms with van der Waals surface area (Å²) in [5, 5.41) is 12.3. The summed E-state index contributed by atoms with van der Waals surface area (Å²) in [6.45, 7) is 4.52. The Kier molecular flexibility index (Phi) is 7.66. The molecule has 0 aliphatic heterocycles. The van der Waals surface area contributed by atoms with E-state index in [4.69, 9.17) is 9.47 Å². The van der Waals surface area contributed by atoms with Crippen molar-refractivity contribution in [3.05, 3.63) is 94.6 Å². The zero-order valence-corrected chi connectivity index (χ0v) is 18.5. The largest absolute Gasteiger partial charge is 0.493 e. The van der Waals surface area contributed by atoms with E-state index < -0.39 is 5.91 Å². The van der Waals surface area contributed by atoms with Crippen molar-refractivity contribution in [1.82, 2.24) is 0 Å². The lowest BCUT2D eigenvalue weighted by Crippen LogP contribution is -2.13. The van der Waals surface area contributed by atoms with Crippen molar-refractivity contribution in [1.29, 1.82) is 5.26 Å². The molecular weight excluding hydrogens is 400 g/mol. The Morgan fingerprint density at radius 2 is 1.81 bits per heavy atom. The molecule has 1 N–H and O–H groups in total. The number of hydrogen-bond acceptors (Lipinski definition) is 4. The molecule has 0 heterocycles. The summed E-state index contributed by atoms with van der Waals surface area (Å²) >= 11 is 0. The minimum absolute atomic E-state index is 0.0000465. The molecule has 3 aromatic carbocycles. The van der Waals surface area contributed by atoms with Crippen LogP contribution in [0, 0.1) is 18.3 Å². The summed E-state index contributed by atoms with van der Waals surface area (Å²) in [4.78, 5) is 12.6. The third-order valence-corrected chi connectivity index (χ3v) is 4.96. The summed E-state index contributed by atoms with van der Waals surface area (Å²) in [6, 6.07) is 22.9. The van der Waals surface area contributed by atoms with Crippen molar-refractivity contribution in [2.24, 2.45) is 0 Å². The molecular formula is C27H26N2O3. The van der Waals surface area contributed by atoms with E-state index >= 15 is 0 Å². The maximum atomic E-state index is 12.6. The second kappa shape index (κ2) is 10.8. The number of benzene rings is 3. The maximum Gasteiger partial charge on any atom is 0.266 e. The van der Waals surface area contributed by atoms with E-state index in [1.807, 2.05) is 55.5 Å². The Labute approximate surface area is 188 Å². The number of nitriles is 1. The van der Waals surface area contributed by atoms with Gasteiger partial charge in [0, 0.05) is 5.69 Å². The van der Waals surface area contributed by atoms with Crippen molar-refractivity contribution in [3.8, 4) is 17.6 Å². The fourth-order valence-electron chi connectivity index (χ4n) is 3.19. The molecule has 5 heteroatoms. The van der Waals surface area contributed by atoms with Gasteiger partial charge in [-0.15, -0.1) is 0 Å². The first-order chi connectivity index (χ1) is 15.5. The topological polar surface area (TPSA) is 71.4 Å². The number of carbonyl (C=O) groups excluding carboxylic acids is 1. The smallest absolute Gasteiger partial charge is 0.266 e. The number of nitrogens with one attached hydrogen (secondary N) is 1. The number of rotatable bonds is 8. The van der Waals surface area contributed by atoms with Gasteiger partial charge in [0.2, 0.25) is 0 Å². The van der Waals surface area contributed by atoms with Crippen LogP contribution in [0.15, 0.2) is 72.3 Å². The first kappa shape index (κ1) is 22.6. The van der Waals surface area contributed by atoms with E-state index in [1.165, 1.54) is 17.2 Å². The second-order valence-electron chi connectivity index (χ2n) is 7.36. The van der Waals surface area contributed by atoms with Crippen molar-refractivity contribution in [3.63, 3.8) is 0 Å². The minimum atomic E-state index is -0.463. The molecule has 0 atom stereocenters. The lowest BCUT2D eigenvalue weighted by atomic mass is 10.1. The van der Waals surface area contributed by atoms with Gasteiger partial charge in [-0.2, -0.15) is 5.26 Å². The Morgan fingerprint density at radius 3 is 2.47 bits per heavy atom. The van der Waals surface area contributed by atoms with Crippen LogP contribution in [0.4, 0.5) is 5.69 Å². The van der Waals surface area contributed by atoms with Gasteiger partial charge < -0.3 is 14.8 Å². The molecule has 1 amide bonds. The van der Waals surface area contributed by atoms with Crippen molar-refractivity contribution in [2.75, 3.05) is 12.4 Å². The average Bonchev–Trinajstić information content (AvgIpc) is 2.82. The van der Waals surface area contributed by atoms with Gasteiger partial charge in [0.25, 0.3) is 5.91 Å². The van der Waals surface area contributed by atoms with Gasteiger partial charge in [-0.05, 0) is 60.4 Å². The molecule has 32 heavy (non-hydrogen) atoms. The highest BCUT2D eigenvalue weighted by molar-refractivity contribution is 6.09. The van der Waals surface area contributed by atoms with Crippen LogP contribution in [0.2, 0.25) is 0 Å². The lowest BCUT2D eigenvalue weighted by Gasteiger charge is -2.12. The molecule has 0 saturated carbocycles. The van der Waals surface area contributed by atoms with Crippen molar-refractivity contribution < 1.29 is 14.3 Å². The molecule has 0 radical (unpaired) electrons. The number of carbonyl (C=O) groups is 1. The molecule has 0 spiro atoms. The molecule has 0 aromatic heterocycles. The van der Waals surface area contributed by atoms with Crippen LogP contribution >= 0.6 is 0 Å². The predicted molar refractivity (Wildman–Crippen MR) is 127 cm³/mol. The summed E-state index contributed by atoms with van der Waals surface area (Å²) < 4.78 is 11.4. The number of amides is 1. The van der Waals surface area contributed by atoms with Gasteiger partial charge in [0.15, 0.2) is 11.5 Å². The molecule has 3 aromatic rings. The molecule has 0 bridgehead atoms. The quantitative estimate of drug-likeness (QED) is 0.371. The third kappa shape index (κ3) is 5.99. The molecule has 162 valence electrons. The van der Waals surface area contributed by atoms with E-state index in [0.717, 1.165) is 12.0 Å². The molecule has 5 nitrogen and oxygen atoms in total. The Balaban J connectivity index is 1.73. The van der Waals surface area contributed by atoms with Gasteiger partial charge >= 0.3 is 0 Å². The summed E-state index contributed by atoms with van der Waals surface area (Å²) in [6.07, 6.45) is 2.45. The average molecular weight is 427 g/mol. The standard InChI is InChI=1S/C27H26N2O3/c1-4-20-8-11-24(12-9-20)29-27(30)23(17-28)15-21-10-13-25(26(16-21)31-3)32-18-22-7-5-6-19(2)14-22/h5-16H,4,18H2,1-3H3,(H,29,30)/b23-15-. The highest BCUT2D eigenvalue weighted by Crippen LogP contribution is 2.30. The van der Waals surface area contributed by atoms with E-state index in [9.17, 15) is 10.1 Å². The number of hydrogen-bond donors (Lipinski definition) is 1. The van der Waals surface area contributed by atoms with Crippen LogP contribution in [0.25, 0.3) is 6.08 Å². The predicted octanol–water partition coefficient (Wildman–Crippen LogP) is 5.69. The summed E-state index contributed by atoms with van der Waals surface area (Å²) in [5.74, 6) is 0.653. The Morgan fingerprint density at radius 1 is 1.03 bits per heavy atom. The number of anilines is 1. The lowest BCUT2D eigenvalue weighted by molar-refractivity contribution is -0.112. The molecule has 0 fully saturated rings. The highest BCUT2D eigenvalue weighted by Gasteiger charge is 2.11. The molecule has 0 aliphatic carbocycles. The van der Waals surface area contributed by atoms with E-state index in [2.05, 4.69) is 18.3 Å². The third-order valence-electron chi connectivity index (χ3n) is 4.96. The fraction of sp³-hybridized carbons (Fsp3) is 0.185. The fourth-order valence-corrected chi connectivity index (χ4v) is 3.19. The Bertz CT molecular complexity index is 1160. The van der Waals surface area contributed by atoms with Crippen LogP contribution < -0.4 is 14.8 Å². The van der Waals surface area contributed by atoms with Crippen LogP contribution in [0.1, 0.15) is 29.2 Å². The highest BCUT2D eigenvalue weighted by atomic mass is 16.5. The maximum absolute atomic E-state index is 12.6. The van der Waals surface area contributed by atoms with Crippen LogP contribution in [-0.4, -0.2) is 13.0 Å². The Hall–Kier alpha value is -4.04. The monoisotopic (exact) mass is 426 g/mol. The number of aryl methyl sites for hydroxylation is 2. The molecule has 0 saturated heterocycles. The van der Waals surface area contributed by atoms with Gasteiger partial charge in [0.05, 0.1) is 7.11 Å². The first-order valence-corrected chi connectivity index (χ1v) is 10.4. The zero-order chi connectivity index (χ0) is 22.9. The number of ether oxygens (including phenoxy) is 2. The normalized spacial score (nSPS) is 10.9. The van der Waals surface area contributed by atoms with E-state index in [1.54, 1.807) is 25.3 Å². The van der Waals surface area contributed by atoms with Crippen molar-refractivity contribution in [2.45, 2.75) is 26.9 Å². The summed E-state index contributed by atoms with van der Waals surface area (Å²) in [5.41, 5.74) is 4.72. The van der Waals surface area contributed by atoms with Gasteiger partial charge in [0.1, 0.15) is 18.2 Å². The van der Waals surface area contributed by atoms with E-state index in [-0.39, 0.29) is 5.57 Å². The number of nitrogens with zero attached hydrogens (tertiary/aromatic N) is 1.